The fourth-order valence-electron chi connectivity index (χ4n) is 3.84. The van der Waals surface area contributed by atoms with Crippen LogP contribution in [0.3, 0.4) is 0 Å². The molecule has 1 heterocycles. The minimum absolute atomic E-state index is 0.0222. The smallest absolute Gasteiger partial charge is 0.234 e. The van der Waals surface area contributed by atoms with Crippen LogP contribution >= 0.6 is 0 Å². The van der Waals surface area contributed by atoms with Gasteiger partial charge in [0, 0.05) is 24.9 Å². The quantitative estimate of drug-likeness (QED) is 0.576. The zero-order valence-electron chi connectivity index (χ0n) is 10.7. The van der Waals surface area contributed by atoms with Crippen LogP contribution in [0.2, 0.25) is 0 Å². The topological polar surface area (TPSA) is 63.4 Å². The van der Waals surface area contributed by atoms with E-state index in [-0.39, 0.29) is 35.5 Å². The number of amides is 2. The molecule has 2 amide bonds. The third-order valence-corrected chi connectivity index (χ3v) is 4.44. The van der Waals surface area contributed by atoms with Crippen molar-refractivity contribution in [2.75, 3.05) is 13.1 Å². The molecule has 96 valence electrons. The predicted molar refractivity (Wildman–Crippen MR) is 67.2 cm³/mol. The van der Waals surface area contributed by atoms with Gasteiger partial charge in [-0.2, -0.15) is 0 Å². The van der Waals surface area contributed by atoms with Crippen LogP contribution in [0.15, 0.2) is 23.3 Å². The van der Waals surface area contributed by atoms with Gasteiger partial charge in [-0.05, 0) is 13.8 Å². The lowest BCUT2D eigenvalue weighted by atomic mass is 9.85. The second-order valence-electron chi connectivity index (χ2n) is 5.56. The summed E-state index contributed by atoms with van der Waals surface area (Å²) < 4.78 is 0. The largest absolute Gasteiger partial charge is 0.329 e. The molecular formula is C14H18N2O2. The minimum atomic E-state index is -0.163. The number of hydrogen-bond acceptors (Lipinski definition) is 3. The Morgan fingerprint density at radius 3 is 2.06 bits per heavy atom. The van der Waals surface area contributed by atoms with Gasteiger partial charge in [0.25, 0.3) is 0 Å². The lowest BCUT2D eigenvalue weighted by Gasteiger charge is -2.18. The summed E-state index contributed by atoms with van der Waals surface area (Å²) in [5.74, 6) is -0.0848. The van der Waals surface area contributed by atoms with E-state index in [1.165, 1.54) is 16.0 Å². The Hall–Kier alpha value is -1.42. The fraction of sp³-hybridized carbons (Fsp3) is 0.571. The summed E-state index contributed by atoms with van der Waals surface area (Å²) in [5, 5.41) is 0. The molecule has 2 aliphatic carbocycles. The number of carbonyl (C=O) groups excluding carboxylic acids is 2. The first-order chi connectivity index (χ1) is 8.57. The van der Waals surface area contributed by atoms with Gasteiger partial charge in [0.2, 0.25) is 11.8 Å². The van der Waals surface area contributed by atoms with Crippen LogP contribution in [0, 0.1) is 23.7 Å². The van der Waals surface area contributed by atoms with Crippen molar-refractivity contribution in [1.29, 1.82) is 0 Å². The highest BCUT2D eigenvalue weighted by Crippen LogP contribution is 2.56. The maximum absolute atomic E-state index is 12.3. The maximum atomic E-state index is 12.3. The Balaban J connectivity index is 2.01. The molecule has 0 spiro atoms. The van der Waals surface area contributed by atoms with Gasteiger partial charge in [-0.15, -0.1) is 0 Å². The van der Waals surface area contributed by atoms with Gasteiger partial charge in [0.15, 0.2) is 0 Å². The Morgan fingerprint density at radius 1 is 1.17 bits per heavy atom. The number of rotatable bonds is 2. The van der Waals surface area contributed by atoms with Gasteiger partial charge >= 0.3 is 0 Å². The average Bonchev–Trinajstić information content (AvgIpc) is 2.95. The SMILES string of the molecule is CC(C)=C1C2C=CC1[C@@H]1C(=O)N(CCN)C(=O)[C@H]21. The van der Waals surface area contributed by atoms with Crippen LogP contribution in [0.5, 0.6) is 0 Å². The highest BCUT2D eigenvalue weighted by Gasteiger charge is 2.61. The van der Waals surface area contributed by atoms with Crippen molar-refractivity contribution in [3.05, 3.63) is 23.3 Å². The van der Waals surface area contributed by atoms with Crippen molar-refractivity contribution in [3.8, 4) is 0 Å². The molecule has 4 atom stereocenters. The molecular weight excluding hydrogens is 228 g/mol. The van der Waals surface area contributed by atoms with Crippen molar-refractivity contribution < 1.29 is 9.59 Å². The number of allylic oxidation sites excluding steroid dienone is 4. The molecule has 3 rings (SSSR count). The van der Waals surface area contributed by atoms with E-state index >= 15 is 0 Å². The van der Waals surface area contributed by atoms with Crippen LogP contribution in [0.25, 0.3) is 0 Å². The van der Waals surface area contributed by atoms with Crippen molar-refractivity contribution >= 4 is 11.8 Å². The molecule has 2 bridgehead atoms. The van der Waals surface area contributed by atoms with Crippen molar-refractivity contribution in [1.82, 2.24) is 4.90 Å². The number of imide groups is 1. The Morgan fingerprint density at radius 2 is 1.67 bits per heavy atom. The highest BCUT2D eigenvalue weighted by atomic mass is 16.2. The van der Waals surface area contributed by atoms with E-state index < -0.39 is 0 Å². The van der Waals surface area contributed by atoms with E-state index in [2.05, 4.69) is 26.0 Å². The van der Waals surface area contributed by atoms with Crippen LogP contribution in [-0.4, -0.2) is 29.8 Å². The second-order valence-corrected chi connectivity index (χ2v) is 5.56. The number of carbonyl (C=O) groups is 2. The molecule has 0 aromatic heterocycles. The normalized spacial score (nSPS) is 36.8. The second kappa shape index (κ2) is 3.79. The minimum Gasteiger partial charge on any atom is -0.329 e. The summed E-state index contributed by atoms with van der Waals surface area (Å²) in [4.78, 5) is 26.0. The first-order valence-corrected chi connectivity index (χ1v) is 6.48. The molecule has 2 fully saturated rings. The Kier molecular flexibility index (Phi) is 2.45. The first kappa shape index (κ1) is 11.7. The maximum Gasteiger partial charge on any atom is 0.234 e. The van der Waals surface area contributed by atoms with Crippen LogP contribution in [-0.2, 0) is 9.59 Å². The molecule has 4 nitrogen and oxygen atoms in total. The number of fused-ring (bicyclic) bond motifs is 5. The van der Waals surface area contributed by atoms with E-state index in [4.69, 9.17) is 5.73 Å². The van der Waals surface area contributed by atoms with Gasteiger partial charge in [-0.3, -0.25) is 14.5 Å². The first-order valence-electron chi connectivity index (χ1n) is 6.48. The molecule has 1 saturated carbocycles. The van der Waals surface area contributed by atoms with E-state index in [0.29, 0.717) is 13.1 Å². The van der Waals surface area contributed by atoms with Crippen molar-refractivity contribution in [2.45, 2.75) is 13.8 Å². The van der Waals surface area contributed by atoms with Gasteiger partial charge in [-0.1, -0.05) is 23.3 Å². The van der Waals surface area contributed by atoms with Crippen molar-refractivity contribution in [2.24, 2.45) is 29.4 Å². The molecule has 0 aromatic carbocycles. The zero-order chi connectivity index (χ0) is 13.0. The molecule has 0 radical (unpaired) electrons. The van der Waals surface area contributed by atoms with E-state index in [1.807, 2.05) is 0 Å². The number of nitrogens with two attached hydrogens (primary N) is 1. The number of likely N-dealkylation sites (tertiary alicyclic amines) is 1. The lowest BCUT2D eigenvalue weighted by Crippen LogP contribution is -2.37. The van der Waals surface area contributed by atoms with E-state index in [1.54, 1.807) is 0 Å². The molecule has 0 aromatic rings. The van der Waals surface area contributed by atoms with E-state index in [0.717, 1.165) is 0 Å². The zero-order valence-corrected chi connectivity index (χ0v) is 10.7. The van der Waals surface area contributed by atoms with Gasteiger partial charge in [0.1, 0.15) is 0 Å². The summed E-state index contributed by atoms with van der Waals surface area (Å²) in [6.45, 7) is 4.83. The number of hydrogen-bond donors (Lipinski definition) is 1. The molecule has 1 aliphatic heterocycles. The van der Waals surface area contributed by atoms with Gasteiger partial charge in [0.05, 0.1) is 11.8 Å². The van der Waals surface area contributed by atoms with E-state index in [9.17, 15) is 9.59 Å². The summed E-state index contributed by atoms with van der Waals surface area (Å²) in [6.07, 6.45) is 4.20. The fourth-order valence-corrected chi connectivity index (χ4v) is 3.84. The van der Waals surface area contributed by atoms with Crippen LogP contribution in [0.4, 0.5) is 0 Å². The monoisotopic (exact) mass is 246 g/mol. The Bertz CT molecular complexity index is 454. The molecule has 18 heavy (non-hydrogen) atoms. The molecule has 4 heteroatoms. The summed E-state index contributed by atoms with van der Waals surface area (Å²) in [6, 6.07) is 0. The molecule has 2 N–H and O–H groups in total. The third-order valence-electron chi connectivity index (χ3n) is 4.44. The van der Waals surface area contributed by atoms with Gasteiger partial charge in [-0.25, -0.2) is 0 Å². The lowest BCUT2D eigenvalue weighted by molar-refractivity contribution is -0.140. The summed E-state index contributed by atoms with van der Waals surface area (Å²) in [7, 11) is 0. The van der Waals surface area contributed by atoms with Gasteiger partial charge < -0.3 is 5.73 Å². The summed E-state index contributed by atoms with van der Waals surface area (Å²) in [5.41, 5.74) is 8.01. The third kappa shape index (κ3) is 1.24. The summed E-state index contributed by atoms with van der Waals surface area (Å²) >= 11 is 0. The highest BCUT2D eigenvalue weighted by molar-refractivity contribution is 6.07. The molecule has 1 saturated heterocycles. The Labute approximate surface area is 107 Å². The molecule has 2 unspecified atom stereocenters. The average molecular weight is 246 g/mol. The van der Waals surface area contributed by atoms with Crippen LogP contribution < -0.4 is 5.73 Å². The standard InChI is InChI=1S/C14H18N2O2/c1-7(2)10-8-3-4-9(10)12-11(8)13(17)16(6-5-15)14(12)18/h3-4,8-9,11-12H,5-6,15H2,1-2H3/t8?,9?,11-,12+. The van der Waals surface area contributed by atoms with Crippen LogP contribution in [0.1, 0.15) is 13.8 Å². The number of nitrogens with zero attached hydrogens (tertiary/aromatic N) is 1. The van der Waals surface area contributed by atoms with Crippen molar-refractivity contribution in [3.63, 3.8) is 0 Å². The molecule has 3 aliphatic rings. The predicted octanol–water partition coefficient (Wildman–Crippen LogP) is 0.699.